The van der Waals surface area contributed by atoms with E-state index in [4.69, 9.17) is 0 Å². The van der Waals surface area contributed by atoms with Gasteiger partial charge in [0.1, 0.15) is 0 Å². The third-order valence-corrected chi connectivity index (χ3v) is 4.16. The van der Waals surface area contributed by atoms with Gasteiger partial charge in [0.2, 0.25) is 5.91 Å². The highest BCUT2D eigenvalue weighted by molar-refractivity contribution is 5.79. The first kappa shape index (κ1) is 14.1. The van der Waals surface area contributed by atoms with E-state index in [0.29, 0.717) is 6.42 Å². The Labute approximate surface area is 115 Å². The van der Waals surface area contributed by atoms with E-state index < -0.39 is 0 Å². The monoisotopic (exact) mass is 264 g/mol. The molecule has 0 radical (unpaired) electrons. The van der Waals surface area contributed by atoms with Gasteiger partial charge in [-0.25, -0.2) is 0 Å². The average Bonchev–Trinajstić information content (AvgIpc) is 2.65. The van der Waals surface area contributed by atoms with Crippen LogP contribution in [0.1, 0.15) is 23.9 Å². The third-order valence-electron chi connectivity index (χ3n) is 4.16. The summed E-state index contributed by atoms with van der Waals surface area (Å²) in [5.74, 6) is 0.231. The minimum Gasteiger partial charge on any atom is -0.340 e. The summed E-state index contributed by atoms with van der Waals surface area (Å²) < 4.78 is 1.85. The molecule has 0 atom stereocenters. The van der Waals surface area contributed by atoms with Crippen molar-refractivity contribution in [3.63, 3.8) is 0 Å². The van der Waals surface area contributed by atoms with Crippen molar-refractivity contribution in [2.24, 2.45) is 7.05 Å². The second kappa shape index (κ2) is 5.74. The Balaban J connectivity index is 1.98. The van der Waals surface area contributed by atoms with Gasteiger partial charge in [0, 0.05) is 44.5 Å². The fraction of sp³-hybridized carbons (Fsp3) is 0.714. The van der Waals surface area contributed by atoms with Crippen molar-refractivity contribution in [2.45, 2.75) is 27.2 Å². The highest BCUT2D eigenvalue weighted by Gasteiger charge is 2.22. The van der Waals surface area contributed by atoms with E-state index in [9.17, 15) is 4.79 Å². The van der Waals surface area contributed by atoms with Crippen LogP contribution in [-0.2, 0) is 18.3 Å². The van der Waals surface area contributed by atoms with Gasteiger partial charge in [-0.3, -0.25) is 9.48 Å². The van der Waals surface area contributed by atoms with Crippen molar-refractivity contribution in [1.82, 2.24) is 19.6 Å². The zero-order chi connectivity index (χ0) is 14.0. The molecule has 1 aromatic heterocycles. The zero-order valence-electron chi connectivity index (χ0n) is 12.4. The van der Waals surface area contributed by atoms with Crippen LogP contribution in [0.25, 0.3) is 0 Å². The molecule has 106 valence electrons. The summed E-state index contributed by atoms with van der Waals surface area (Å²) in [7, 11) is 1.93. The second-order valence-electron chi connectivity index (χ2n) is 5.26. The molecule has 0 aromatic carbocycles. The topological polar surface area (TPSA) is 41.4 Å². The predicted octanol–water partition coefficient (Wildman–Crippen LogP) is 0.744. The van der Waals surface area contributed by atoms with Crippen LogP contribution in [0, 0.1) is 13.8 Å². The molecule has 0 bridgehead atoms. The standard InChI is InChI=1S/C14H24N4O/c1-5-17-6-8-18(9-7-17)14(19)10-13-11(2)15-16(4)12(13)3/h5-10H2,1-4H3. The predicted molar refractivity (Wildman–Crippen MR) is 75.1 cm³/mol. The van der Waals surface area contributed by atoms with Crippen molar-refractivity contribution in [3.05, 3.63) is 17.0 Å². The van der Waals surface area contributed by atoms with Gasteiger partial charge >= 0.3 is 0 Å². The van der Waals surface area contributed by atoms with Gasteiger partial charge in [-0.05, 0) is 20.4 Å². The number of aryl methyl sites for hydroxylation is 2. The van der Waals surface area contributed by atoms with Gasteiger partial charge in [0.25, 0.3) is 0 Å². The first-order chi connectivity index (χ1) is 9.02. The minimum absolute atomic E-state index is 0.231. The average molecular weight is 264 g/mol. The van der Waals surface area contributed by atoms with Crippen molar-refractivity contribution in [1.29, 1.82) is 0 Å². The molecule has 0 unspecified atom stereocenters. The number of carbonyl (C=O) groups is 1. The molecule has 5 heteroatoms. The fourth-order valence-electron chi connectivity index (χ4n) is 2.65. The summed E-state index contributed by atoms with van der Waals surface area (Å²) >= 11 is 0. The molecule has 1 amide bonds. The molecule has 19 heavy (non-hydrogen) atoms. The van der Waals surface area contributed by atoms with E-state index in [1.807, 2.05) is 30.5 Å². The number of hydrogen-bond acceptors (Lipinski definition) is 3. The summed E-state index contributed by atoms with van der Waals surface area (Å²) in [6.45, 7) is 10.9. The van der Waals surface area contributed by atoms with Crippen LogP contribution in [0.2, 0.25) is 0 Å². The molecule has 5 nitrogen and oxygen atoms in total. The lowest BCUT2D eigenvalue weighted by Gasteiger charge is -2.34. The number of piperazine rings is 1. The van der Waals surface area contributed by atoms with E-state index in [1.54, 1.807) is 0 Å². The molecule has 1 fully saturated rings. The number of aromatic nitrogens is 2. The number of likely N-dealkylation sites (N-methyl/N-ethyl adjacent to an activating group) is 1. The lowest BCUT2D eigenvalue weighted by Crippen LogP contribution is -2.48. The van der Waals surface area contributed by atoms with Crippen molar-refractivity contribution in [2.75, 3.05) is 32.7 Å². The Bertz CT molecular complexity index is 458. The van der Waals surface area contributed by atoms with Gasteiger partial charge in [0.15, 0.2) is 0 Å². The Morgan fingerprint density at radius 2 is 1.84 bits per heavy atom. The highest BCUT2D eigenvalue weighted by Crippen LogP contribution is 2.14. The van der Waals surface area contributed by atoms with Crippen molar-refractivity contribution < 1.29 is 4.79 Å². The summed E-state index contributed by atoms with van der Waals surface area (Å²) in [6, 6.07) is 0. The van der Waals surface area contributed by atoms with Crippen LogP contribution in [0.5, 0.6) is 0 Å². The highest BCUT2D eigenvalue weighted by atomic mass is 16.2. The summed E-state index contributed by atoms with van der Waals surface area (Å²) in [4.78, 5) is 16.7. The Kier molecular flexibility index (Phi) is 4.24. The maximum atomic E-state index is 12.3. The van der Waals surface area contributed by atoms with Crippen molar-refractivity contribution in [3.8, 4) is 0 Å². The summed E-state index contributed by atoms with van der Waals surface area (Å²) in [5, 5.41) is 4.37. The molecule has 0 spiro atoms. The maximum absolute atomic E-state index is 12.3. The number of nitrogens with zero attached hydrogens (tertiary/aromatic N) is 4. The van der Waals surface area contributed by atoms with Gasteiger partial charge in [-0.2, -0.15) is 5.10 Å². The quantitative estimate of drug-likeness (QED) is 0.809. The molecule has 1 aliphatic heterocycles. The number of hydrogen-bond donors (Lipinski definition) is 0. The second-order valence-corrected chi connectivity index (χ2v) is 5.26. The third kappa shape index (κ3) is 2.97. The van der Waals surface area contributed by atoms with E-state index in [0.717, 1.165) is 49.7 Å². The molecular weight excluding hydrogens is 240 g/mol. The van der Waals surface area contributed by atoms with Crippen LogP contribution >= 0.6 is 0 Å². The van der Waals surface area contributed by atoms with E-state index in [-0.39, 0.29) is 5.91 Å². The normalized spacial score (nSPS) is 16.9. The largest absolute Gasteiger partial charge is 0.340 e. The summed E-state index contributed by atoms with van der Waals surface area (Å²) in [6.07, 6.45) is 0.484. The smallest absolute Gasteiger partial charge is 0.227 e. The SMILES string of the molecule is CCN1CCN(C(=O)Cc2c(C)nn(C)c2C)CC1. The zero-order valence-corrected chi connectivity index (χ0v) is 12.4. The van der Waals surface area contributed by atoms with Gasteiger partial charge in [-0.15, -0.1) is 0 Å². The molecule has 0 N–H and O–H groups in total. The van der Waals surface area contributed by atoms with Gasteiger partial charge < -0.3 is 9.80 Å². The van der Waals surface area contributed by atoms with Gasteiger partial charge in [-0.1, -0.05) is 6.92 Å². The molecule has 1 saturated heterocycles. The maximum Gasteiger partial charge on any atom is 0.227 e. The van der Waals surface area contributed by atoms with Crippen LogP contribution in [-0.4, -0.2) is 58.2 Å². The Hall–Kier alpha value is -1.36. The Morgan fingerprint density at radius 1 is 1.21 bits per heavy atom. The number of amides is 1. The van der Waals surface area contributed by atoms with Crippen LogP contribution in [0.3, 0.4) is 0 Å². The first-order valence-electron chi connectivity index (χ1n) is 7.02. The summed E-state index contributed by atoms with van der Waals surface area (Å²) in [5.41, 5.74) is 3.16. The van der Waals surface area contributed by atoms with E-state index in [1.165, 1.54) is 0 Å². The first-order valence-corrected chi connectivity index (χ1v) is 7.02. The molecule has 0 aliphatic carbocycles. The molecular formula is C14H24N4O. The lowest BCUT2D eigenvalue weighted by atomic mass is 10.1. The molecule has 0 saturated carbocycles. The van der Waals surface area contributed by atoms with Crippen LogP contribution in [0.4, 0.5) is 0 Å². The molecule has 2 rings (SSSR count). The molecule has 2 heterocycles. The number of carbonyl (C=O) groups excluding carboxylic acids is 1. The molecule has 1 aliphatic rings. The minimum atomic E-state index is 0.231. The van der Waals surface area contributed by atoms with Gasteiger partial charge in [0.05, 0.1) is 12.1 Å². The van der Waals surface area contributed by atoms with E-state index >= 15 is 0 Å². The van der Waals surface area contributed by atoms with E-state index in [2.05, 4.69) is 16.9 Å². The number of rotatable bonds is 3. The molecule has 1 aromatic rings. The van der Waals surface area contributed by atoms with Crippen molar-refractivity contribution >= 4 is 5.91 Å². The fourth-order valence-corrected chi connectivity index (χ4v) is 2.65. The Morgan fingerprint density at radius 3 is 2.32 bits per heavy atom. The van der Waals surface area contributed by atoms with Crippen LogP contribution in [0.15, 0.2) is 0 Å². The van der Waals surface area contributed by atoms with Crippen LogP contribution < -0.4 is 0 Å². The lowest BCUT2D eigenvalue weighted by molar-refractivity contribution is -0.132.